The van der Waals surface area contributed by atoms with Gasteiger partial charge in [-0.15, -0.1) is 0 Å². The van der Waals surface area contributed by atoms with Gasteiger partial charge in [0.1, 0.15) is 16.5 Å². The molecule has 0 aromatic heterocycles. The summed E-state index contributed by atoms with van der Waals surface area (Å²) in [4.78, 5) is 12.0. The number of likely N-dealkylation sites (N-methyl/N-ethyl adjacent to an activating group) is 1. The van der Waals surface area contributed by atoms with E-state index in [-0.39, 0.29) is 16.3 Å². The molecule has 2 rings (SSSR count). The van der Waals surface area contributed by atoms with Crippen LogP contribution >= 0.6 is 0 Å². The fraction of sp³-hybridized carbons (Fsp3) is 0.235. The van der Waals surface area contributed by atoms with Crippen LogP contribution in [0.5, 0.6) is 5.75 Å². The lowest BCUT2D eigenvalue weighted by Crippen LogP contribution is -2.35. The van der Waals surface area contributed by atoms with Crippen molar-refractivity contribution in [3.05, 3.63) is 53.8 Å². The molecule has 2 aromatic rings. The van der Waals surface area contributed by atoms with Crippen LogP contribution in [0.3, 0.4) is 0 Å². The number of carbonyl (C=O) groups is 1. The normalized spacial score (nSPS) is 11.4. The second-order valence-corrected chi connectivity index (χ2v) is 7.46. The molecule has 25 heavy (non-hydrogen) atoms. The lowest BCUT2D eigenvalue weighted by atomic mass is 10.2. The maximum Gasteiger partial charge on any atom is 0.246 e. The number of para-hydroxylation sites is 1. The second kappa shape index (κ2) is 7.62. The summed E-state index contributed by atoms with van der Waals surface area (Å²) in [7, 11) is -1.30. The molecule has 0 spiro atoms. The Bertz CT molecular complexity index is 884. The van der Waals surface area contributed by atoms with Crippen molar-refractivity contribution in [3.63, 3.8) is 0 Å². The van der Waals surface area contributed by atoms with Crippen molar-refractivity contribution in [1.82, 2.24) is 4.31 Å². The number of nitrogens with one attached hydrogen (secondary N) is 1. The number of rotatable bonds is 6. The van der Waals surface area contributed by atoms with Gasteiger partial charge in [-0.25, -0.2) is 12.8 Å². The molecular formula is C17H19FN2O4S. The number of ether oxygens (including phenoxy) is 1. The van der Waals surface area contributed by atoms with Crippen LogP contribution in [-0.4, -0.2) is 39.3 Å². The Morgan fingerprint density at radius 1 is 1.24 bits per heavy atom. The van der Waals surface area contributed by atoms with E-state index in [0.717, 1.165) is 9.87 Å². The van der Waals surface area contributed by atoms with Gasteiger partial charge in [0.2, 0.25) is 15.9 Å². The number of sulfonamides is 1. The average Bonchev–Trinajstić information content (AvgIpc) is 2.56. The standard InChI is InChI=1S/C17H19FN2O4S/c1-12-8-9-15(24-3)16(10-12)25(22,23)20(2)11-17(21)19-14-7-5-4-6-13(14)18/h4-10H,11H2,1-3H3,(H,19,21). The van der Waals surface area contributed by atoms with Gasteiger partial charge < -0.3 is 10.1 Å². The van der Waals surface area contributed by atoms with Crippen LogP contribution in [0.2, 0.25) is 0 Å². The molecule has 0 fully saturated rings. The third-order valence-corrected chi connectivity index (χ3v) is 5.35. The van der Waals surface area contributed by atoms with E-state index >= 15 is 0 Å². The van der Waals surface area contributed by atoms with Crippen molar-refractivity contribution in [2.24, 2.45) is 0 Å². The van der Waals surface area contributed by atoms with Crippen LogP contribution in [0.25, 0.3) is 0 Å². The Morgan fingerprint density at radius 3 is 2.56 bits per heavy atom. The highest BCUT2D eigenvalue weighted by molar-refractivity contribution is 7.89. The number of methoxy groups -OCH3 is 1. The van der Waals surface area contributed by atoms with E-state index in [1.54, 1.807) is 25.1 Å². The Hall–Kier alpha value is -2.45. The van der Waals surface area contributed by atoms with Gasteiger partial charge in [-0.3, -0.25) is 4.79 Å². The number of carbonyl (C=O) groups excluding carboxylic acids is 1. The van der Waals surface area contributed by atoms with E-state index < -0.39 is 28.3 Å². The zero-order chi connectivity index (χ0) is 18.6. The fourth-order valence-corrected chi connectivity index (χ4v) is 3.56. The molecule has 8 heteroatoms. The molecule has 0 unspecified atom stereocenters. The summed E-state index contributed by atoms with van der Waals surface area (Å²) in [6.07, 6.45) is 0. The van der Waals surface area contributed by atoms with Crippen LogP contribution in [0.4, 0.5) is 10.1 Å². The Morgan fingerprint density at radius 2 is 1.92 bits per heavy atom. The Balaban J connectivity index is 2.19. The lowest BCUT2D eigenvalue weighted by Gasteiger charge is -2.19. The zero-order valence-corrected chi connectivity index (χ0v) is 14.9. The summed E-state index contributed by atoms with van der Waals surface area (Å²) in [6.45, 7) is 1.29. The molecule has 0 atom stereocenters. The topological polar surface area (TPSA) is 75.7 Å². The highest BCUT2D eigenvalue weighted by Gasteiger charge is 2.26. The summed E-state index contributed by atoms with van der Waals surface area (Å²) in [5.41, 5.74) is 0.731. The molecule has 0 saturated carbocycles. The molecule has 0 aliphatic rings. The molecule has 1 N–H and O–H groups in total. The van der Waals surface area contributed by atoms with E-state index in [4.69, 9.17) is 4.74 Å². The molecule has 2 aromatic carbocycles. The van der Waals surface area contributed by atoms with Crippen molar-refractivity contribution in [2.75, 3.05) is 26.0 Å². The highest BCUT2D eigenvalue weighted by atomic mass is 32.2. The van der Waals surface area contributed by atoms with Gasteiger partial charge in [0.25, 0.3) is 0 Å². The van der Waals surface area contributed by atoms with Crippen LogP contribution in [0.1, 0.15) is 5.56 Å². The van der Waals surface area contributed by atoms with Gasteiger partial charge in [-0.05, 0) is 36.8 Å². The second-order valence-electron chi connectivity index (χ2n) is 5.44. The van der Waals surface area contributed by atoms with E-state index in [2.05, 4.69) is 5.32 Å². The summed E-state index contributed by atoms with van der Waals surface area (Å²) in [6, 6.07) is 10.4. The molecule has 0 radical (unpaired) electrons. The SMILES string of the molecule is COc1ccc(C)cc1S(=O)(=O)N(C)CC(=O)Nc1ccccc1F. The van der Waals surface area contributed by atoms with Crippen molar-refractivity contribution >= 4 is 21.6 Å². The summed E-state index contributed by atoms with van der Waals surface area (Å²) in [5, 5.41) is 2.35. The molecule has 134 valence electrons. The van der Waals surface area contributed by atoms with Crippen LogP contribution in [-0.2, 0) is 14.8 Å². The average molecular weight is 366 g/mol. The van der Waals surface area contributed by atoms with Gasteiger partial charge in [0.15, 0.2) is 0 Å². The van der Waals surface area contributed by atoms with Crippen LogP contribution in [0.15, 0.2) is 47.4 Å². The third-order valence-electron chi connectivity index (χ3n) is 3.52. The highest BCUT2D eigenvalue weighted by Crippen LogP contribution is 2.27. The maximum atomic E-state index is 13.6. The zero-order valence-electron chi connectivity index (χ0n) is 14.1. The predicted molar refractivity (Wildman–Crippen MR) is 92.6 cm³/mol. The number of halogens is 1. The number of hydrogen-bond donors (Lipinski definition) is 1. The molecule has 0 aliphatic carbocycles. The van der Waals surface area contributed by atoms with Crippen molar-refractivity contribution in [1.29, 1.82) is 0 Å². The number of benzene rings is 2. The van der Waals surface area contributed by atoms with Gasteiger partial charge in [0.05, 0.1) is 19.3 Å². The minimum absolute atomic E-state index is 0.00793. The predicted octanol–water partition coefficient (Wildman–Crippen LogP) is 2.40. The minimum atomic E-state index is -3.95. The summed E-state index contributed by atoms with van der Waals surface area (Å²) < 4.78 is 45.0. The Labute approximate surface area is 146 Å². The van der Waals surface area contributed by atoms with E-state index in [0.29, 0.717) is 0 Å². The van der Waals surface area contributed by atoms with Gasteiger partial charge >= 0.3 is 0 Å². The first kappa shape index (κ1) is 18.9. The van der Waals surface area contributed by atoms with Gasteiger partial charge in [-0.1, -0.05) is 18.2 Å². The van der Waals surface area contributed by atoms with Crippen molar-refractivity contribution in [3.8, 4) is 5.75 Å². The quantitative estimate of drug-likeness (QED) is 0.852. The third kappa shape index (κ3) is 4.34. The molecule has 0 aliphatic heterocycles. The number of amides is 1. The van der Waals surface area contributed by atoms with Crippen LogP contribution < -0.4 is 10.1 Å². The lowest BCUT2D eigenvalue weighted by molar-refractivity contribution is -0.116. The summed E-state index contributed by atoms with van der Waals surface area (Å²) in [5.74, 6) is -1.06. The first-order chi connectivity index (χ1) is 11.8. The number of hydrogen-bond acceptors (Lipinski definition) is 4. The number of nitrogens with zero attached hydrogens (tertiary/aromatic N) is 1. The van der Waals surface area contributed by atoms with E-state index in [1.165, 1.54) is 38.4 Å². The summed E-state index contributed by atoms with van der Waals surface area (Å²) >= 11 is 0. The monoisotopic (exact) mass is 366 g/mol. The number of aryl methyl sites for hydroxylation is 1. The smallest absolute Gasteiger partial charge is 0.246 e. The van der Waals surface area contributed by atoms with Crippen molar-refractivity contribution in [2.45, 2.75) is 11.8 Å². The van der Waals surface area contributed by atoms with Crippen molar-refractivity contribution < 1.29 is 22.3 Å². The largest absolute Gasteiger partial charge is 0.495 e. The van der Waals surface area contributed by atoms with Gasteiger partial charge in [-0.2, -0.15) is 4.31 Å². The molecule has 0 bridgehead atoms. The number of anilines is 1. The molecular weight excluding hydrogens is 347 g/mol. The maximum absolute atomic E-state index is 13.6. The molecule has 1 amide bonds. The van der Waals surface area contributed by atoms with E-state index in [9.17, 15) is 17.6 Å². The molecule has 6 nitrogen and oxygen atoms in total. The molecule has 0 heterocycles. The Kier molecular flexibility index (Phi) is 5.76. The first-order valence-corrected chi connectivity index (χ1v) is 8.85. The van der Waals surface area contributed by atoms with Crippen LogP contribution in [0, 0.1) is 12.7 Å². The van der Waals surface area contributed by atoms with E-state index in [1.807, 2.05) is 0 Å². The first-order valence-electron chi connectivity index (χ1n) is 7.41. The van der Waals surface area contributed by atoms with Gasteiger partial charge in [0, 0.05) is 7.05 Å². The minimum Gasteiger partial charge on any atom is -0.495 e. The molecule has 0 saturated heterocycles. The fourth-order valence-electron chi connectivity index (χ4n) is 2.19.